The smallest absolute Gasteiger partial charge is 0.410 e. The van der Waals surface area contributed by atoms with Crippen LogP contribution in [0.25, 0.3) is 0 Å². The van der Waals surface area contributed by atoms with Crippen molar-refractivity contribution in [3.8, 4) is 0 Å². The molecule has 1 fully saturated rings. The molecule has 18 heavy (non-hydrogen) atoms. The fourth-order valence-corrected chi connectivity index (χ4v) is 1.95. The van der Waals surface area contributed by atoms with Crippen LogP contribution >= 0.6 is 12.4 Å². The van der Waals surface area contributed by atoms with Crippen molar-refractivity contribution < 1.29 is 9.53 Å². The van der Waals surface area contributed by atoms with Gasteiger partial charge < -0.3 is 15.4 Å². The standard InChI is InChI=1S/C13H18N2O2.ClH/c1-10-7-15(8-12(10)14)13(16)17-9-11-5-3-2-4-6-11;/h2-6,10,12H,7-9,14H2,1H3;1H/t10-,12+;/m0./s1. The zero-order valence-electron chi connectivity index (χ0n) is 10.4. The van der Waals surface area contributed by atoms with Crippen LogP contribution in [0, 0.1) is 5.92 Å². The molecule has 0 saturated carbocycles. The molecular formula is C13H19ClN2O2. The third-order valence-electron chi connectivity index (χ3n) is 3.13. The van der Waals surface area contributed by atoms with Crippen LogP contribution in [0.15, 0.2) is 30.3 Å². The van der Waals surface area contributed by atoms with Gasteiger partial charge in [-0.1, -0.05) is 37.3 Å². The maximum atomic E-state index is 11.8. The fraction of sp³-hybridized carbons (Fsp3) is 0.462. The Morgan fingerprint density at radius 1 is 1.39 bits per heavy atom. The highest BCUT2D eigenvalue weighted by atomic mass is 35.5. The molecule has 100 valence electrons. The second-order valence-corrected chi connectivity index (χ2v) is 4.59. The summed E-state index contributed by atoms with van der Waals surface area (Å²) in [5, 5.41) is 0. The third-order valence-corrected chi connectivity index (χ3v) is 3.13. The summed E-state index contributed by atoms with van der Waals surface area (Å²) >= 11 is 0. The summed E-state index contributed by atoms with van der Waals surface area (Å²) in [6.45, 7) is 3.65. The van der Waals surface area contributed by atoms with Gasteiger partial charge in [-0.2, -0.15) is 0 Å². The average Bonchev–Trinajstić information content (AvgIpc) is 2.68. The van der Waals surface area contributed by atoms with Crippen molar-refractivity contribution in [2.45, 2.75) is 19.6 Å². The van der Waals surface area contributed by atoms with Gasteiger partial charge in [0.15, 0.2) is 0 Å². The van der Waals surface area contributed by atoms with Crippen LogP contribution in [0.4, 0.5) is 4.79 Å². The number of nitrogens with zero attached hydrogens (tertiary/aromatic N) is 1. The highest BCUT2D eigenvalue weighted by Crippen LogP contribution is 2.15. The van der Waals surface area contributed by atoms with Crippen LogP contribution in [0.2, 0.25) is 0 Å². The third kappa shape index (κ3) is 3.62. The molecule has 1 aromatic rings. The number of carbonyl (C=O) groups is 1. The minimum Gasteiger partial charge on any atom is -0.445 e. The Morgan fingerprint density at radius 3 is 2.61 bits per heavy atom. The quantitative estimate of drug-likeness (QED) is 0.895. The van der Waals surface area contributed by atoms with Crippen LogP contribution in [-0.2, 0) is 11.3 Å². The predicted molar refractivity (Wildman–Crippen MR) is 72.6 cm³/mol. The second-order valence-electron chi connectivity index (χ2n) is 4.59. The van der Waals surface area contributed by atoms with Gasteiger partial charge in [-0.15, -0.1) is 12.4 Å². The number of hydrogen-bond donors (Lipinski definition) is 1. The van der Waals surface area contributed by atoms with Crippen molar-refractivity contribution in [3.05, 3.63) is 35.9 Å². The number of amides is 1. The van der Waals surface area contributed by atoms with E-state index in [9.17, 15) is 4.79 Å². The van der Waals surface area contributed by atoms with Crippen molar-refractivity contribution in [3.63, 3.8) is 0 Å². The molecule has 1 aliphatic heterocycles. The lowest BCUT2D eigenvalue weighted by Gasteiger charge is -2.15. The first kappa shape index (κ1) is 14.8. The maximum Gasteiger partial charge on any atom is 0.410 e. The minimum absolute atomic E-state index is 0. The first-order chi connectivity index (χ1) is 8.16. The highest BCUT2D eigenvalue weighted by molar-refractivity contribution is 5.85. The zero-order valence-corrected chi connectivity index (χ0v) is 11.2. The van der Waals surface area contributed by atoms with E-state index in [2.05, 4.69) is 6.92 Å². The molecule has 0 aromatic heterocycles. The van der Waals surface area contributed by atoms with Gasteiger partial charge in [-0.25, -0.2) is 4.79 Å². The van der Waals surface area contributed by atoms with E-state index in [1.54, 1.807) is 4.90 Å². The molecule has 0 aliphatic carbocycles. The number of halogens is 1. The monoisotopic (exact) mass is 270 g/mol. The molecule has 2 N–H and O–H groups in total. The number of hydrogen-bond acceptors (Lipinski definition) is 3. The van der Waals surface area contributed by atoms with Crippen molar-refractivity contribution >= 4 is 18.5 Å². The topological polar surface area (TPSA) is 55.6 Å². The number of benzene rings is 1. The number of carbonyl (C=O) groups excluding carboxylic acids is 1. The number of rotatable bonds is 2. The predicted octanol–water partition coefficient (Wildman–Crippen LogP) is 2.02. The lowest BCUT2D eigenvalue weighted by molar-refractivity contribution is 0.103. The van der Waals surface area contributed by atoms with Gasteiger partial charge in [0.1, 0.15) is 6.61 Å². The lowest BCUT2D eigenvalue weighted by Crippen LogP contribution is -2.32. The van der Waals surface area contributed by atoms with E-state index in [1.807, 2.05) is 30.3 Å². The summed E-state index contributed by atoms with van der Waals surface area (Å²) in [6.07, 6.45) is -0.270. The summed E-state index contributed by atoms with van der Waals surface area (Å²) in [7, 11) is 0. The van der Waals surface area contributed by atoms with Crippen molar-refractivity contribution in [1.82, 2.24) is 4.90 Å². The number of nitrogens with two attached hydrogens (primary N) is 1. The van der Waals surface area contributed by atoms with Crippen LogP contribution in [0.1, 0.15) is 12.5 Å². The molecule has 1 amide bonds. The molecule has 1 aromatic carbocycles. The molecule has 1 heterocycles. The molecule has 4 nitrogen and oxygen atoms in total. The molecule has 1 saturated heterocycles. The molecule has 0 bridgehead atoms. The Hall–Kier alpha value is -1.26. The molecule has 2 atom stereocenters. The van der Waals surface area contributed by atoms with E-state index < -0.39 is 0 Å². The lowest BCUT2D eigenvalue weighted by atomic mass is 10.1. The van der Waals surface area contributed by atoms with Gasteiger partial charge in [-0.3, -0.25) is 0 Å². The Kier molecular flexibility index (Phi) is 5.44. The molecule has 0 radical (unpaired) electrons. The molecular weight excluding hydrogens is 252 g/mol. The zero-order chi connectivity index (χ0) is 12.3. The van der Waals surface area contributed by atoms with E-state index in [-0.39, 0.29) is 24.5 Å². The van der Waals surface area contributed by atoms with Gasteiger partial charge >= 0.3 is 6.09 Å². The van der Waals surface area contributed by atoms with Crippen molar-refractivity contribution in [1.29, 1.82) is 0 Å². The Balaban J connectivity index is 0.00000162. The van der Waals surface area contributed by atoms with Crippen LogP contribution in [0.5, 0.6) is 0 Å². The fourth-order valence-electron chi connectivity index (χ4n) is 1.95. The molecule has 5 heteroatoms. The van der Waals surface area contributed by atoms with Gasteiger partial charge in [0.2, 0.25) is 0 Å². The minimum atomic E-state index is -0.270. The molecule has 0 unspecified atom stereocenters. The summed E-state index contributed by atoms with van der Waals surface area (Å²) in [4.78, 5) is 13.4. The SMILES string of the molecule is C[C@H]1CN(C(=O)OCc2ccccc2)C[C@H]1N.Cl. The van der Waals surface area contributed by atoms with Crippen LogP contribution < -0.4 is 5.73 Å². The Bertz CT molecular complexity index is 376. The van der Waals surface area contributed by atoms with Gasteiger partial charge in [0, 0.05) is 19.1 Å². The summed E-state index contributed by atoms with van der Waals surface area (Å²) < 4.78 is 5.24. The first-order valence-corrected chi connectivity index (χ1v) is 5.88. The van der Waals surface area contributed by atoms with Crippen LogP contribution in [-0.4, -0.2) is 30.1 Å². The Labute approximate surface area is 114 Å². The molecule has 2 rings (SSSR count). The first-order valence-electron chi connectivity index (χ1n) is 5.88. The number of likely N-dealkylation sites (tertiary alicyclic amines) is 1. The van der Waals surface area contributed by atoms with Gasteiger partial charge in [0.05, 0.1) is 0 Å². The van der Waals surface area contributed by atoms with Gasteiger partial charge in [-0.05, 0) is 11.5 Å². The highest BCUT2D eigenvalue weighted by Gasteiger charge is 2.30. The van der Waals surface area contributed by atoms with E-state index in [0.29, 0.717) is 25.6 Å². The van der Waals surface area contributed by atoms with Crippen molar-refractivity contribution in [2.75, 3.05) is 13.1 Å². The van der Waals surface area contributed by atoms with E-state index in [4.69, 9.17) is 10.5 Å². The molecule has 0 spiro atoms. The van der Waals surface area contributed by atoms with Crippen molar-refractivity contribution in [2.24, 2.45) is 11.7 Å². The largest absolute Gasteiger partial charge is 0.445 e. The van der Waals surface area contributed by atoms with Crippen LogP contribution in [0.3, 0.4) is 0 Å². The number of ether oxygens (including phenoxy) is 1. The summed E-state index contributed by atoms with van der Waals surface area (Å²) in [6, 6.07) is 9.73. The van der Waals surface area contributed by atoms with E-state index in [1.165, 1.54) is 0 Å². The Morgan fingerprint density at radius 2 is 2.06 bits per heavy atom. The van der Waals surface area contributed by atoms with Gasteiger partial charge in [0.25, 0.3) is 0 Å². The maximum absolute atomic E-state index is 11.8. The summed E-state index contributed by atoms with van der Waals surface area (Å²) in [5.74, 6) is 0.347. The normalized spacial score (nSPS) is 22.4. The molecule has 1 aliphatic rings. The van der Waals surface area contributed by atoms with E-state index in [0.717, 1.165) is 5.56 Å². The van der Waals surface area contributed by atoms with E-state index >= 15 is 0 Å². The summed E-state index contributed by atoms with van der Waals surface area (Å²) in [5.41, 5.74) is 6.86. The second kappa shape index (κ2) is 6.61. The average molecular weight is 271 g/mol.